The van der Waals surface area contributed by atoms with Crippen LogP contribution in [0.15, 0.2) is 47.4 Å². The number of halogens is 1. The number of sulfonamides is 1. The van der Waals surface area contributed by atoms with Gasteiger partial charge >= 0.3 is 0 Å². The maximum atomic E-state index is 13.1. The van der Waals surface area contributed by atoms with Gasteiger partial charge in [-0.15, -0.1) is 0 Å². The second kappa shape index (κ2) is 8.00. The summed E-state index contributed by atoms with van der Waals surface area (Å²) in [6, 6.07) is 9.86. The summed E-state index contributed by atoms with van der Waals surface area (Å²) in [5.74, 6) is -0.0335. The first kappa shape index (κ1) is 19.7. The first-order chi connectivity index (χ1) is 13.9. The maximum Gasteiger partial charge on any atom is 0.243 e. The molecule has 0 radical (unpaired) electrons. The molecule has 0 aliphatic carbocycles. The summed E-state index contributed by atoms with van der Waals surface area (Å²) in [5, 5.41) is 2.84. The van der Waals surface area contributed by atoms with Crippen molar-refractivity contribution in [2.24, 2.45) is 5.92 Å². The summed E-state index contributed by atoms with van der Waals surface area (Å²) >= 11 is 0. The number of nitrogens with one attached hydrogen (secondary N) is 1. The molecule has 0 spiro atoms. The van der Waals surface area contributed by atoms with E-state index in [1.165, 1.54) is 16.4 Å². The summed E-state index contributed by atoms with van der Waals surface area (Å²) in [5.41, 5.74) is 0.567. The van der Waals surface area contributed by atoms with Gasteiger partial charge < -0.3 is 14.8 Å². The highest BCUT2D eigenvalue weighted by Crippen LogP contribution is 2.33. The van der Waals surface area contributed by atoms with Crippen LogP contribution in [0.2, 0.25) is 0 Å². The Balaban J connectivity index is 1.45. The predicted molar refractivity (Wildman–Crippen MR) is 104 cm³/mol. The highest BCUT2D eigenvalue weighted by Gasteiger charge is 2.33. The highest BCUT2D eigenvalue weighted by atomic mass is 32.2. The molecule has 4 rings (SSSR count). The molecule has 1 amide bonds. The Hall–Kier alpha value is -2.65. The molecule has 1 saturated heterocycles. The van der Waals surface area contributed by atoms with Gasteiger partial charge in [0.05, 0.1) is 10.8 Å². The fourth-order valence-corrected chi connectivity index (χ4v) is 5.02. The minimum atomic E-state index is -3.78. The van der Waals surface area contributed by atoms with Gasteiger partial charge in [0.25, 0.3) is 0 Å². The van der Waals surface area contributed by atoms with E-state index in [-0.39, 0.29) is 17.3 Å². The lowest BCUT2D eigenvalue weighted by Gasteiger charge is -2.31. The smallest absolute Gasteiger partial charge is 0.243 e. The highest BCUT2D eigenvalue weighted by molar-refractivity contribution is 7.89. The largest absolute Gasteiger partial charge is 0.486 e. The number of piperidine rings is 1. The van der Waals surface area contributed by atoms with Crippen LogP contribution in [-0.4, -0.2) is 44.9 Å². The summed E-state index contributed by atoms with van der Waals surface area (Å²) in [7, 11) is -3.78. The Morgan fingerprint density at radius 3 is 2.55 bits per heavy atom. The van der Waals surface area contributed by atoms with Crippen molar-refractivity contribution < 1.29 is 27.1 Å². The molecule has 2 aromatic carbocycles. The van der Waals surface area contributed by atoms with Gasteiger partial charge in [-0.25, -0.2) is 12.8 Å². The van der Waals surface area contributed by atoms with Crippen LogP contribution >= 0.6 is 0 Å². The van der Waals surface area contributed by atoms with E-state index in [0.717, 1.165) is 12.1 Å². The average Bonchev–Trinajstić information content (AvgIpc) is 2.74. The number of benzene rings is 2. The van der Waals surface area contributed by atoms with Crippen LogP contribution in [0.1, 0.15) is 12.8 Å². The Labute approximate surface area is 168 Å². The summed E-state index contributed by atoms with van der Waals surface area (Å²) in [6.45, 7) is 1.34. The third-order valence-corrected chi connectivity index (χ3v) is 6.90. The Bertz CT molecular complexity index is 1010. The van der Waals surface area contributed by atoms with Crippen molar-refractivity contribution in [2.75, 3.05) is 31.6 Å². The van der Waals surface area contributed by atoms with E-state index < -0.39 is 21.8 Å². The Morgan fingerprint density at radius 1 is 1.07 bits per heavy atom. The summed E-state index contributed by atoms with van der Waals surface area (Å²) < 4.78 is 51.0. The van der Waals surface area contributed by atoms with Crippen LogP contribution in [0, 0.1) is 11.7 Å². The van der Waals surface area contributed by atoms with Crippen LogP contribution < -0.4 is 14.8 Å². The van der Waals surface area contributed by atoms with E-state index in [9.17, 15) is 17.6 Å². The van der Waals surface area contributed by atoms with Crippen LogP contribution in [0.3, 0.4) is 0 Å². The van der Waals surface area contributed by atoms with Gasteiger partial charge in [0.15, 0.2) is 11.5 Å². The number of carbonyl (C=O) groups excluding carboxylic acids is 1. The van der Waals surface area contributed by atoms with E-state index in [4.69, 9.17) is 9.47 Å². The molecule has 0 saturated carbocycles. The second-order valence-electron chi connectivity index (χ2n) is 7.00. The minimum absolute atomic E-state index is 0.0202. The molecule has 2 heterocycles. The first-order valence-corrected chi connectivity index (χ1v) is 10.8. The number of nitrogens with zero attached hydrogens (tertiary/aromatic N) is 1. The van der Waals surface area contributed by atoms with Crippen molar-refractivity contribution in [2.45, 2.75) is 17.7 Å². The number of anilines is 1. The third kappa shape index (κ3) is 4.20. The molecule has 1 unspecified atom stereocenters. The number of hydrogen-bond acceptors (Lipinski definition) is 5. The Morgan fingerprint density at radius 2 is 1.79 bits per heavy atom. The molecule has 1 fully saturated rings. The van der Waals surface area contributed by atoms with Gasteiger partial charge in [-0.05, 0) is 49.2 Å². The lowest BCUT2D eigenvalue weighted by atomic mass is 9.98. The maximum absolute atomic E-state index is 13.1. The van der Waals surface area contributed by atoms with Gasteiger partial charge in [-0.3, -0.25) is 4.79 Å². The summed E-state index contributed by atoms with van der Waals surface area (Å²) in [4.78, 5) is 12.8. The zero-order valence-corrected chi connectivity index (χ0v) is 16.5. The fourth-order valence-electron chi connectivity index (χ4n) is 3.50. The average molecular weight is 420 g/mol. The molecule has 0 bridgehead atoms. The van der Waals surface area contributed by atoms with E-state index in [1.54, 1.807) is 18.2 Å². The predicted octanol–water partition coefficient (Wildman–Crippen LogP) is 2.64. The van der Waals surface area contributed by atoms with Gasteiger partial charge in [-0.1, -0.05) is 0 Å². The molecule has 154 valence electrons. The number of amides is 1. The SMILES string of the molecule is O=C(Nc1ccc2c(c1)OCCO2)C1CCCN(S(=O)(=O)c2ccc(F)cc2)C1. The normalized spacial score (nSPS) is 19.6. The minimum Gasteiger partial charge on any atom is -0.486 e. The molecule has 2 aliphatic heterocycles. The monoisotopic (exact) mass is 420 g/mol. The number of ether oxygens (including phenoxy) is 2. The number of hydrogen-bond donors (Lipinski definition) is 1. The standard InChI is InChI=1S/C20H21FN2O5S/c21-15-3-6-17(7-4-15)29(25,26)23-9-1-2-14(13-23)20(24)22-16-5-8-18-19(12-16)28-11-10-27-18/h3-8,12,14H,1-2,9-11,13H2,(H,22,24). The van der Waals surface area contributed by atoms with Gasteiger partial charge in [0.2, 0.25) is 15.9 Å². The van der Waals surface area contributed by atoms with Gasteiger partial charge in [0, 0.05) is 24.8 Å². The van der Waals surface area contributed by atoms with E-state index >= 15 is 0 Å². The molecule has 1 atom stereocenters. The zero-order chi connectivity index (χ0) is 20.4. The number of rotatable bonds is 4. The second-order valence-corrected chi connectivity index (χ2v) is 8.94. The number of fused-ring (bicyclic) bond motifs is 1. The molecular weight excluding hydrogens is 399 g/mol. The van der Waals surface area contributed by atoms with Crippen molar-refractivity contribution in [1.82, 2.24) is 4.31 Å². The van der Waals surface area contributed by atoms with Crippen molar-refractivity contribution in [3.63, 3.8) is 0 Å². The third-order valence-electron chi connectivity index (χ3n) is 5.02. The van der Waals surface area contributed by atoms with Crippen LogP contribution in [0.25, 0.3) is 0 Å². The van der Waals surface area contributed by atoms with Crippen molar-refractivity contribution in [3.8, 4) is 11.5 Å². The first-order valence-electron chi connectivity index (χ1n) is 9.40. The lowest BCUT2D eigenvalue weighted by Crippen LogP contribution is -2.43. The van der Waals surface area contributed by atoms with Crippen molar-refractivity contribution >= 4 is 21.6 Å². The van der Waals surface area contributed by atoms with E-state index in [2.05, 4.69) is 5.32 Å². The summed E-state index contributed by atoms with van der Waals surface area (Å²) in [6.07, 6.45) is 1.16. The van der Waals surface area contributed by atoms with Gasteiger partial charge in [-0.2, -0.15) is 4.31 Å². The number of carbonyl (C=O) groups is 1. The fraction of sp³-hybridized carbons (Fsp3) is 0.350. The molecule has 7 nitrogen and oxygen atoms in total. The molecule has 2 aromatic rings. The molecule has 0 aromatic heterocycles. The molecule has 29 heavy (non-hydrogen) atoms. The van der Waals surface area contributed by atoms with E-state index in [0.29, 0.717) is 49.8 Å². The van der Waals surface area contributed by atoms with Crippen molar-refractivity contribution in [3.05, 3.63) is 48.3 Å². The van der Waals surface area contributed by atoms with E-state index in [1.807, 2.05) is 0 Å². The molecule has 9 heteroatoms. The topological polar surface area (TPSA) is 84.9 Å². The lowest BCUT2D eigenvalue weighted by molar-refractivity contribution is -0.120. The van der Waals surface area contributed by atoms with Crippen LogP contribution in [-0.2, 0) is 14.8 Å². The molecular formula is C20H21FN2O5S. The van der Waals surface area contributed by atoms with Crippen molar-refractivity contribution in [1.29, 1.82) is 0 Å². The van der Waals surface area contributed by atoms with Crippen LogP contribution in [0.4, 0.5) is 10.1 Å². The Kier molecular flexibility index (Phi) is 5.42. The van der Waals surface area contributed by atoms with Crippen LogP contribution in [0.5, 0.6) is 11.5 Å². The quantitative estimate of drug-likeness (QED) is 0.822. The zero-order valence-electron chi connectivity index (χ0n) is 15.6. The molecule has 1 N–H and O–H groups in total. The van der Waals surface area contributed by atoms with Gasteiger partial charge in [0.1, 0.15) is 19.0 Å². The molecule has 2 aliphatic rings.